The third-order valence-corrected chi connectivity index (χ3v) is 3.18. The van der Waals surface area contributed by atoms with Gasteiger partial charge in [-0.15, -0.1) is 0 Å². The quantitative estimate of drug-likeness (QED) is 0.706. The minimum atomic E-state index is -0.291. The standard InChI is InChI=1S/C14H10N4O2S/c19-12-6-8-18(14(21)17-12)7-5-11-13(20)16-10-4-2-1-3-9(10)15-11/h1-8H,(H,16,20)(H,17,19,21)/b7-5+. The van der Waals surface area contributed by atoms with E-state index in [0.717, 1.165) is 0 Å². The molecule has 0 aliphatic rings. The summed E-state index contributed by atoms with van der Waals surface area (Å²) in [5.41, 5.74) is 1.08. The van der Waals surface area contributed by atoms with Crippen LogP contribution in [0.5, 0.6) is 0 Å². The summed E-state index contributed by atoms with van der Waals surface area (Å²) in [4.78, 5) is 32.5. The Hall–Kier alpha value is -2.80. The van der Waals surface area contributed by atoms with Crippen LogP contribution in [0.25, 0.3) is 23.3 Å². The molecule has 0 radical (unpaired) electrons. The average Bonchev–Trinajstić information content (AvgIpc) is 2.46. The Labute approximate surface area is 123 Å². The fraction of sp³-hybridized carbons (Fsp3) is 0. The third-order valence-electron chi connectivity index (χ3n) is 2.87. The maximum absolute atomic E-state index is 11.9. The molecule has 0 unspecified atom stereocenters. The first-order valence-electron chi connectivity index (χ1n) is 6.12. The number of rotatable bonds is 2. The zero-order valence-electron chi connectivity index (χ0n) is 10.7. The molecule has 0 amide bonds. The van der Waals surface area contributed by atoms with Crippen LogP contribution in [0.1, 0.15) is 5.69 Å². The maximum atomic E-state index is 11.9. The van der Waals surface area contributed by atoms with E-state index in [1.807, 2.05) is 18.2 Å². The van der Waals surface area contributed by atoms with Crippen LogP contribution in [0.2, 0.25) is 0 Å². The first kappa shape index (κ1) is 13.2. The molecule has 2 N–H and O–H groups in total. The Morgan fingerprint density at radius 1 is 1.14 bits per heavy atom. The van der Waals surface area contributed by atoms with Crippen LogP contribution >= 0.6 is 12.2 Å². The highest BCUT2D eigenvalue weighted by molar-refractivity contribution is 7.71. The number of nitrogens with zero attached hydrogens (tertiary/aromatic N) is 2. The second kappa shape index (κ2) is 5.29. The molecule has 6 nitrogen and oxygen atoms in total. The molecule has 104 valence electrons. The van der Waals surface area contributed by atoms with E-state index in [4.69, 9.17) is 12.2 Å². The van der Waals surface area contributed by atoms with Gasteiger partial charge in [-0.25, -0.2) is 4.98 Å². The van der Waals surface area contributed by atoms with Crippen molar-refractivity contribution in [3.05, 3.63) is 67.7 Å². The highest BCUT2D eigenvalue weighted by atomic mass is 32.1. The van der Waals surface area contributed by atoms with Gasteiger partial charge in [-0.05, 0) is 30.4 Å². The Bertz CT molecular complexity index is 1010. The van der Waals surface area contributed by atoms with E-state index in [1.165, 1.54) is 16.8 Å². The summed E-state index contributed by atoms with van der Waals surface area (Å²) in [7, 11) is 0. The van der Waals surface area contributed by atoms with E-state index in [-0.39, 0.29) is 21.6 Å². The van der Waals surface area contributed by atoms with Gasteiger partial charge in [0.1, 0.15) is 5.69 Å². The van der Waals surface area contributed by atoms with Crippen LogP contribution < -0.4 is 11.1 Å². The lowest BCUT2D eigenvalue weighted by Crippen LogP contribution is -2.12. The number of aromatic amines is 2. The molecule has 0 fully saturated rings. The fourth-order valence-corrected chi connectivity index (χ4v) is 2.07. The zero-order valence-corrected chi connectivity index (χ0v) is 11.6. The van der Waals surface area contributed by atoms with Crippen molar-refractivity contribution in [2.75, 3.05) is 0 Å². The molecule has 0 aliphatic heterocycles. The molecule has 7 heteroatoms. The summed E-state index contributed by atoms with van der Waals surface area (Å²) >= 11 is 5.01. The summed E-state index contributed by atoms with van der Waals surface area (Å²) in [5.74, 6) is 0. The smallest absolute Gasteiger partial charge is 0.274 e. The van der Waals surface area contributed by atoms with E-state index < -0.39 is 0 Å². The highest BCUT2D eigenvalue weighted by Gasteiger charge is 2.00. The van der Waals surface area contributed by atoms with Crippen molar-refractivity contribution in [1.29, 1.82) is 0 Å². The Morgan fingerprint density at radius 3 is 2.76 bits per heavy atom. The van der Waals surface area contributed by atoms with E-state index >= 15 is 0 Å². The molecule has 0 atom stereocenters. The Kier molecular flexibility index (Phi) is 3.33. The van der Waals surface area contributed by atoms with E-state index in [9.17, 15) is 9.59 Å². The molecule has 2 aromatic heterocycles. The number of H-pyrrole nitrogens is 2. The number of para-hydroxylation sites is 2. The van der Waals surface area contributed by atoms with Crippen molar-refractivity contribution in [2.45, 2.75) is 0 Å². The summed E-state index contributed by atoms with van der Waals surface area (Å²) in [6.07, 6.45) is 4.64. The monoisotopic (exact) mass is 298 g/mol. The van der Waals surface area contributed by atoms with Gasteiger partial charge < -0.3 is 9.55 Å². The Morgan fingerprint density at radius 2 is 1.95 bits per heavy atom. The molecule has 0 saturated heterocycles. The average molecular weight is 298 g/mol. The van der Waals surface area contributed by atoms with Gasteiger partial charge >= 0.3 is 0 Å². The molecule has 0 saturated carbocycles. The first-order chi connectivity index (χ1) is 10.1. The summed E-state index contributed by atoms with van der Waals surface area (Å²) in [6.45, 7) is 0. The van der Waals surface area contributed by atoms with Gasteiger partial charge in [0.25, 0.3) is 11.1 Å². The van der Waals surface area contributed by atoms with Crippen LogP contribution in [-0.2, 0) is 0 Å². The van der Waals surface area contributed by atoms with Crippen molar-refractivity contribution >= 4 is 35.5 Å². The molecule has 0 aliphatic carbocycles. The maximum Gasteiger partial charge on any atom is 0.274 e. The summed E-state index contributed by atoms with van der Waals surface area (Å²) < 4.78 is 1.77. The number of hydrogen-bond acceptors (Lipinski definition) is 4. The van der Waals surface area contributed by atoms with Crippen molar-refractivity contribution in [3.8, 4) is 0 Å². The molecule has 0 spiro atoms. The molecular weight excluding hydrogens is 288 g/mol. The van der Waals surface area contributed by atoms with Gasteiger partial charge in [-0.2, -0.15) is 0 Å². The lowest BCUT2D eigenvalue weighted by Gasteiger charge is -2.00. The van der Waals surface area contributed by atoms with E-state index in [1.54, 1.807) is 18.3 Å². The molecule has 3 aromatic rings. The second-order valence-electron chi connectivity index (χ2n) is 4.30. The van der Waals surface area contributed by atoms with Gasteiger partial charge in [0.05, 0.1) is 11.0 Å². The van der Waals surface area contributed by atoms with Gasteiger partial charge in [-0.1, -0.05) is 12.1 Å². The van der Waals surface area contributed by atoms with Crippen molar-refractivity contribution in [3.63, 3.8) is 0 Å². The zero-order chi connectivity index (χ0) is 14.8. The lowest BCUT2D eigenvalue weighted by atomic mass is 10.3. The molecule has 2 heterocycles. The van der Waals surface area contributed by atoms with Crippen molar-refractivity contribution in [1.82, 2.24) is 19.5 Å². The largest absolute Gasteiger partial charge is 0.319 e. The van der Waals surface area contributed by atoms with Crippen LogP contribution in [0, 0.1) is 4.77 Å². The first-order valence-corrected chi connectivity index (χ1v) is 6.53. The number of hydrogen-bond donors (Lipinski definition) is 2. The molecule has 3 rings (SSSR count). The number of nitrogens with one attached hydrogen (secondary N) is 2. The van der Waals surface area contributed by atoms with Gasteiger partial charge in [0, 0.05) is 18.5 Å². The molecule has 1 aromatic carbocycles. The molecular formula is C14H10N4O2S. The van der Waals surface area contributed by atoms with E-state index in [2.05, 4.69) is 15.0 Å². The van der Waals surface area contributed by atoms with Crippen LogP contribution in [0.4, 0.5) is 0 Å². The van der Waals surface area contributed by atoms with Crippen molar-refractivity contribution < 1.29 is 0 Å². The van der Waals surface area contributed by atoms with Crippen LogP contribution in [-0.4, -0.2) is 19.5 Å². The van der Waals surface area contributed by atoms with Gasteiger partial charge in [0.2, 0.25) is 0 Å². The summed E-state index contributed by atoms with van der Waals surface area (Å²) in [5, 5.41) is 0. The van der Waals surface area contributed by atoms with Crippen LogP contribution in [0.3, 0.4) is 0 Å². The molecule has 0 bridgehead atoms. The second-order valence-corrected chi connectivity index (χ2v) is 4.69. The highest BCUT2D eigenvalue weighted by Crippen LogP contribution is 2.06. The third kappa shape index (κ3) is 2.72. The lowest BCUT2D eigenvalue weighted by molar-refractivity contribution is 0.985. The van der Waals surface area contributed by atoms with Gasteiger partial charge in [-0.3, -0.25) is 14.6 Å². The van der Waals surface area contributed by atoms with Crippen LogP contribution in [0.15, 0.2) is 46.1 Å². The SMILES string of the molecule is O=c1ccn(/C=C/c2nc3ccccc3[nH]c2=O)c(=S)[nH]1. The van der Waals surface area contributed by atoms with Gasteiger partial charge in [0.15, 0.2) is 4.77 Å². The topological polar surface area (TPSA) is 83.5 Å². The normalized spacial score (nSPS) is 11.2. The van der Waals surface area contributed by atoms with Crippen molar-refractivity contribution in [2.24, 2.45) is 0 Å². The predicted octanol–water partition coefficient (Wildman–Crippen LogP) is 1.77. The summed E-state index contributed by atoms with van der Waals surface area (Å²) in [6, 6.07) is 8.62. The minimum Gasteiger partial charge on any atom is -0.319 e. The number of fused-ring (bicyclic) bond motifs is 1. The number of benzene rings is 1. The Balaban J connectivity index is 2.07. The molecule has 21 heavy (non-hydrogen) atoms. The fourth-order valence-electron chi connectivity index (χ4n) is 1.85. The number of aromatic nitrogens is 4. The predicted molar refractivity (Wildman–Crippen MR) is 83.5 cm³/mol. The minimum absolute atomic E-state index is 0.246. The van der Waals surface area contributed by atoms with E-state index in [0.29, 0.717) is 11.0 Å².